The van der Waals surface area contributed by atoms with E-state index in [0.29, 0.717) is 20.9 Å². The smallest absolute Gasteiger partial charge is 0.335 e. The lowest BCUT2D eigenvalue weighted by Crippen LogP contribution is -2.38. The fourth-order valence-corrected chi connectivity index (χ4v) is 7.04. The molecular weight excluding hydrogens is 516 g/mol. The molecule has 6 nitrogen and oxygen atoms in total. The molecule has 186 valence electrons. The van der Waals surface area contributed by atoms with Gasteiger partial charge >= 0.3 is 5.97 Å². The van der Waals surface area contributed by atoms with Crippen molar-refractivity contribution in [2.24, 2.45) is 4.99 Å². The van der Waals surface area contributed by atoms with Crippen LogP contribution in [0.4, 0.5) is 0 Å². The molecule has 2 aliphatic rings. The number of fused-ring (bicyclic) bond motifs is 3. The Labute approximate surface area is 224 Å². The predicted octanol–water partition coefficient (Wildman–Crippen LogP) is 5.34. The first-order valence-electron chi connectivity index (χ1n) is 12.2. The molecular formula is C30H20N2O4S2. The second-order valence-electron chi connectivity index (χ2n) is 9.21. The molecule has 0 amide bonds. The van der Waals surface area contributed by atoms with Crippen molar-refractivity contribution in [2.45, 2.75) is 18.9 Å². The van der Waals surface area contributed by atoms with Gasteiger partial charge < -0.3 is 9.52 Å². The average Bonchev–Trinajstić information content (AvgIpc) is 3.70. The van der Waals surface area contributed by atoms with E-state index in [0.717, 1.165) is 34.5 Å². The standard InChI is InChI=1S/C30H20N2O4S2/c33-28-25(16-20-12-14-23(36-20)18-7-9-19(10-8-18)29(34)35)38-30-31-26-21-5-2-1-4-17(21)11-13-22(26)27(32(28)30)24-6-3-15-37-24/h1-10,12,14-16,27H,11,13H2,(H,34,35)/b25-16+/t27-/m1/s1. The van der Waals surface area contributed by atoms with Gasteiger partial charge in [0.2, 0.25) is 0 Å². The van der Waals surface area contributed by atoms with Crippen molar-refractivity contribution in [3.63, 3.8) is 0 Å². The normalized spacial score (nSPS) is 16.5. The highest BCUT2D eigenvalue weighted by Crippen LogP contribution is 2.42. The Balaban J connectivity index is 1.34. The summed E-state index contributed by atoms with van der Waals surface area (Å²) in [5, 5.41) is 11.2. The maximum absolute atomic E-state index is 13.8. The van der Waals surface area contributed by atoms with Crippen LogP contribution in [-0.4, -0.2) is 15.6 Å². The highest BCUT2D eigenvalue weighted by molar-refractivity contribution is 7.10. The van der Waals surface area contributed by atoms with Gasteiger partial charge in [0.25, 0.3) is 5.56 Å². The van der Waals surface area contributed by atoms with Gasteiger partial charge in [-0.3, -0.25) is 9.36 Å². The Bertz CT molecular complexity index is 1920. The molecule has 1 aliphatic heterocycles. The van der Waals surface area contributed by atoms with E-state index in [4.69, 9.17) is 14.5 Å². The zero-order valence-electron chi connectivity index (χ0n) is 20.0. The van der Waals surface area contributed by atoms with Gasteiger partial charge in [-0.1, -0.05) is 53.8 Å². The maximum Gasteiger partial charge on any atom is 0.335 e. The minimum absolute atomic E-state index is 0.0821. The topological polar surface area (TPSA) is 84.8 Å². The number of benzene rings is 2. The lowest BCUT2D eigenvalue weighted by atomic mass is 9.85. The number of hydrogen-bond acceptors (Lipinski definition) is 6. The van der Waals surface area contributed by atoms with Crippen LogP contribution >= 0.6 is 22.7 Å². The first kappa shape index (κ1) is 22.9. The molecule has 0 fully saturated rings. The van der Waals surface area contributed by atoms with Crippen LogP contribution in [0.1, 0.15) is 44.6 Å². The lowest BCUT2D eigenvalue weighted by molar-refractivity contribution is 0.0697. The Hall–Kier alpha value is -4.27. The summed E-state index contributed by atoms with van der Waals surface area (Å²) in [5.41, 5.74) is 5.52. The van der Waals surface area contributed by atoms with Crippen LogP contribution in [0.3, 0.4) is 0 Å². The molecule has 7 rings (SSSR count). The number of thiophene rings is 1. The summed E-state index contributed by atoms with van der Waals surface area (Å²) in [4.78, 5) is 31.8. The molecule has 0 bridgehead atoms. The average molecular weight is 537 g/mol. The van der Waals surface area contributed by atoms with Crippen LogP contribution in [-0.2, 0) is 6.42 Å². The van der Waals surface area contributed by atoms with Gasteiger partial charge in [-0.15, -0.1) is 11.3 Å². The number of carboxylic acid groups (broad SMARTS) is 1. The first-order valence-corrected chi connectivity index (χ1v) is 13.9. The van der Waals surface area contributed by atoms with Crippen LogP contribution < -0.4 is 14.9 Å². The third-order valence-electron chi connectivity index (χ3n) is 7.00. The molecule has 0 radical (unpaired) electrons. The van der Waals surface area contributed by atoms with Crippen LogP contribution in [0.5, 0.6) is 0 Å². The van der Waals surface area contributed by atoms with Gasteiger partial charge in [-0.2, -0.15) is 0 Å². The first-order chi connectivity index (χ1) is 18.6. The number of aryl methyl sites for hydroxylation is 1. The Kier molecular flexibility index (Phi) is 5.38. The van der Waals surface area contributed by atoms with E-state index >= 15 is 0 Å². The molecule has 1 atom stereocenters. The Morgan fingerprint density at radius 1 is 1.03 bits per heavy atom. The van der Waals surface area contributed by atoms with Crippen LogP contribution in [0.25, 0.3) is 23.1 Å². The number of allylic oxidation sites excluding steroid dienone is 1. The summed E-state index contributed by atoms with van der Waals surface area (Å²) in [7, 11) is 0. The molecule has 0 saturated carbocycles. The molecule has 0 unspecified atom stereocenters. The predicted molar refractivity (Wildman–Crippen MR) is 148 cm³/mol. The van der Waals surface area contributed by atoms with Crippen molar-refractivity contribution in [1.82, 2.24) is 4.57 Å². The number of carbonyl (C=O) groups is 1. The summed E-state index contributed by atoms with van der Waals surface area (Å²) in [6.45, 7) is 0. The third-order valence-corrected chi connectivity index (χ3v) is 8.91. The molecule has 2 aromatic carbocycles. The SMILES string of the molecule is O=C(O)c1ccc(-c2ccc(/C=c3/sc4n(c3=O)[C@@H](c3cccs3)C3=C(N=4)c4ccccc4CC3)o2)cc1. The molecule has 0 spiro atoms. The minimum atomic E-state index is -0.974. The summed E-state index contributed by atoms with van der Waals surface area (Å²) in [5.74, 6) is 0.178. The fourth-order valence-electron chi connectivity index (χ4n) is 5.21. The fraction of sp³-hybridized carbons (Fsp3) is 0.100. The second-order valence-corrected chi connectivity index (χ2v) is 11.2. The number of nitrogens with zero attached hydrogens (tertiary/aromatic N) is 2. The minimum Gasteiger partial charge on any atom is -0.478 e. The van der Waals surface area contributed by atoms with Crippen molar-refractivity contribution in [3.05, 3.63) is 131 Å². The van der Waals surface area contributed by atoms with E-state index in [2.05, 4.69) is 29.6 Å². The Morgan fingerprint density at radius 3 is 2.66 bits per heavy atom. The van der Waals surface area contributed by atoms with Gasteiger partial charge in [0.05, 0.1) is 21.8 Å². The van der Waals surface area contributed by atoms with Crippen molar-refractivity contribution >= 4 is 40.4 Å². The maximum atomic E-state index is 13.8. The summed E-state index contributed by atoms with van der Waals surface area (Å²) in [6.07, 6.45) is 3.56. The summed E-state index contributed by atoms with van der Waals surface area (Å²) < 4.78 is 8.41. The van der Waals surface area contributed by atoms with Crippen LogP contribution in [0.15, 0.2) is 98.0 Å². The quantitative estimate of drug-likeness (QED) is 0.336. The molecule has 1 N–H and O–H groups in total. The number of hydrogen-bond donors (Lipinski definition) is 1. The van der Waals surface area contributed by atoms with E-state index < -0.39 is 5.97 Å². The molecule has 8 heteroatoms. The largest absolute Gasteiger partial charge is 0.478 e. The molecule has 38 heavy (non-hydrogen) atoms. The molecule has 3 aromatic heterocycles. The highest BCUT2D eigenvalue weighted by atomic mass is 32.1. The Morgan fingerprint density at radius 2 is 1.87 bits per heavy atom. The van der Waals surface area contributed by atoms with Crippen LogP contribution in [0, 0.1) is 0 Å². The van der Waals surface area contributed by atoms with E-state index in [1.807, 2.05) is 28.8 Å². The third kappa shape index (κ3) is 3.72. The monoisotopic (exact) mass is 536 g/mol. The van der Waals surface area contributed by atoms with E-state index in [9.17, 15) is 9.59 Å². The van der Waals surface area contributed by atoms with Crippen molar-refractivity contribution in [2.75, 3.05) is 0 Å². The number of aromatic nitrogens is 1. The highest BCUT2D eigenvalue weighted by Gasteiger charge is 2.33. The van der Waals surface area contributed by atoms with Crippen molar-refractivity contribution in [1.29, 1.82) is 0 Å². The molecule has 4 heterocycles. The number of aromatic carboxylic acids is 1. The van der Waals surface area contributed by atoms with Gasteiger partial charge in [0, 0.05) is 22.1 Å². The van der Waals surface area contributed by atoms with Crippen molar-refractivity contribution < 1.29 is 14.3 Å². The van der Waals surface area contributed by atoms with Gasteiger partial charge in [-0.25, -0.2) is 9.79 Å². The summed E-state index contributed by atoms with van der Waals surface area (Å²) in [6, 6.07) is 22.5. The lowest BCUT2D eigenvalue weighted by Gasteiger charge is -2.30. The molecule has 0 saturated heterocycles. The zero-order chi connectivity index (χ0) is 25.8. The zero-order valence-corrected chi connectivity index (χ0v) is 21.6. The van der Waals surface area contributed by atoms with Gasteiger partial charge in [0.1, 0.15) is 11.5 Å². The number of rotatable bonds is 4. The van der Waals surface area contributed by atoms with E-state index in [1.165, 1.54) is 22.5 Å². The van der Waals surface area contributed by atoms with Crippen LogP contribution in [0.2, 0.25) is 0 Å². The second kappa shape index (κ2) is 8.93. The van der Waals surface area contributed by atoms with E-state index in [-0.39, 0.29) is 17.2 Å². The van der Waals surface area contributed by atoms with Gasteiger partial charge in [0.15, 0.2) is 4.80 Å². The van der Waals surface area contributed by atoms with E-state index in [1.54, 1.807) is 41.7 Å². The van der Waals surface area contributed by atoms with Crippen molar-refractivity contribution in [3.8, 4) is 11.3 Å². The molecule has 5 aromatic rings. The summed E-state index contributed by atoms with van der Waals surface area (Å²) >= 11 is 3.03. The number of furan rings is 1. The molecule has 1 aliphatic carbocycles. The van der Waals surface area contributed by atoms with Gasteiger partial charge in [-0.05, 0) is 59.7 Å². The number of carboxylic acids is 1. The number of thiazole rings is 1.